The maximum absolute atomic E-state index is 14.9. The van der Waals surface area contributed by atoms with E-state index in [4.69, 9.17) is 4.74 Å². The molecule has 126 valence electrons. The van der Waals surface area contributed by atoms with Crippen molar-refractivity contribution in [1.82, 2.24) is 0 Å². The molecule has 2 aromatic carbocycles. The third kappa shape index (κ3) is 3.15. The number of nitrogens with zero attached hydrogens (tertiary/aromatic N) is 2. The van der Waals surface area contributed by atoms with Gasteiger partial charge in [0.05, 0.1) is 11.0 Å². The first-order chi connectivity index (χ1) is 11.6. The summed E-state index contributed by atoms with van der Waals surface area (Å²) in [5.74, 6) is -2.49. The number of hydrogen-bond donors (Lipinski definition) is 0. The lowest BCUT2D eigenvalue weighted by Gasteiger charge is -2.29. The lowest BCUT2D eigenvalue weighted by Crippen LogP contribution is -2.31. The molecule has 1 aliphatic rings. The van der Waals surface area contributed by atoms with E-state index in [1.807, 2.05) is 0 Å². The highest BCUT2D eigenvalue weighted by Gasteiger charge is 2.31. The molecule has 1 saturated heterocycles. The average molecular weight is 334 g/mol. The van der Waals surface area contributed by atoms with Crippen LogP contribution in [0.15, 0.2) is 36.4 Å². The van der Waals surface area contributed by atoms with E-state index in [1.54, 1.807) is 35.2 Å². The van der Waals surface area contributed by atoms with Crippen LogP contribution in [0.1, 0.15) is 19.3 Å². The Morgan fingerprint density at radius 1 is 1.08 bits per heavy atom. The zero-order valence-corrected chi connectivity index (χ0v) is 12.9. The maximum Gasteiger partial charge on any atom is 0.298 e. The van der Waals surface area contributed by atoms with Gasteiger partial charge in [-0.1, -0.05) is 18.2 Å². The van der Waals surface area contributed by atoms with E-state index in [2.05, 4.69) is 0 Å². The number of para-hydroxylation sites is 1. The van der Waals surface area contributed by atoms with E-state index in [1.165, 1.54) is 0 Å². The molecule has 5 nitrogen and oxygen atoms in total. The number of halogens is 2. The summed E-state index contributed by atoms with van der Waals surface area (Å²) in [5, 5.41) is 11.2. The second kappa shape index (κ2) is 6.82. The molecule has 0 atom stereocenters. The Morgan fingerprint density at radius 2 is 1.75 bits per heavy atom. The Labute approximate surface area is 137 Å². The van der Waals surface area contributed by atoms with E-state index in [-0.39, 0.29) is 11.4 Å². The molecule has 24 heavy (non-hydrogen) atoms. The van der Waals surface area contributed by atoms with Crippen molar-refractivity contribution in [3.05, 3.63) is 58.1 Å². The zero-order valence-electron chi connectivity index (χ0n) is 12.9. The Hall–Kier alpha value is -2.70. The minimum atomic E-state index is -1.09. The molecule has 0 radical (unpaired) electrons. The van der Waals surface area contributed by atoms with Gasteiger partial charge in [-0.25, -0.2) is 8.78 Å². The van der Waals surface area contributed by atoms with Crippen LogP contribution in [0.25, 0.3) is 0 Å². The fourth-order valence-electron chi connectivity index (χ4n) is 2.84. The lowest BCUT2D eigenvalue weighted by atomic mass is 10.1. The molecule has 7 heteroatoms. The van der Waals surface area contributed by atoms with Gasteiger partial charge in [-0.3, -0.25) is 10.1 Å². The van der Waals surface area contributed by atoms with Crippen molar-refractivity contribution in [2.45, 2.75) is 19.3 Å². The third-order valence-corrected chi connectivity index (χ3v) is 3.96. The molecule has 1 heterocycles. The summed E-state index contributed by atoms with van der Waals surface area (Å²) in [7, 11) is 0. The first-order valence-corrected chi connectivity index (χ1v) is 7.72. The van der Waals surface area contributed by atoms with Crippen molar-refractivity contribution in [1.29, 1.82) is 0 Å². The molecule has 0 bridgehead atoms. The van der Waals surface area contributed by atoms with Crippen molar-refractivity contribution in [3.63, 3.8) is 0 Å². The Morgan fingerprint density at radius 3 is 2.38 bits per heavy atom. The molecule has 1 fully saturated rings. The summed E-state index contributed by atoms with van der Waals surface area (Å²) in [4.78, 5) is 12.1. The van der Waals surface area contributed by atoms with Gasteiger partial charge in [0.15, 0.2) is 17.3 Å². The van der Waals surface area contributed by atoms with Crippen LogP contribution in [0.5, 0.6) is 11.5 Å². The lowest BCUT2D eigenvalue weighted by molar-refractivity contribution is -0.384. The molecule has 1 aliphatic heterocycles. The van der Waals surface area contributed by atoms with Gasteiger partial charge in [0.2, 0.25) is 5.75 Å². The number of anilines is 1. The summed E-state index contributed by atoms with van der Waals surface area (Å²) in [6.45, 7) is 0.988. The monoisotopic (exact) mass is 334 g/mol. The quantitative estimate of drug-likeness (QED) is 0.603. The van der Waals surface area contributed by atoms with Crippen LogP contribution in [0.2, 0.25) is 0 Å². The largest absolute Gasteiger partial charge is 0.451 e. The SMILES string of the molecule is O=[N+]([O-])c1cc(F)c(Oc2ccccc2)c(F)c1N1CCCCC1. The highest BCUT2D eigenvalue weighted by Crippen LogP contribution is 2.41. The van der Waals surface area contributed by atoms with Crippen molar-refractivity contribution in [2.75, 3.05) is 18.0 Å². The molecule has 3 rings (SSSR count). The van der Waals surface area contributed by atoms with E-state index >= 15 is 0 Å². The number of rotatable bonds is 4. The summed E-state index contributed by atoms with van der Waals surface area (Å²) in [6, 6.07) is 8.92. The second-order valence-electron chi connectivity index (χ2n) is 5.59. The van der Waals surface area contributed by atoms with E-state index in [0.717, 1.165) is 25.3 Å². The molecule has 2 aromatic rings. The highest BCUT2D eigenvalue weighted by molar-refractivity contribution is 5.68. The highest BCUT2D eigenvalue weighted by atomic mass is 19.1. The summed E-state index contributed by atoms with van der Waals surface area (Å²) in [5.41, 5.74) is -0.778. The van der Waals surface area contributed by atoms with Gasteiger partial charge in [0.1, 0.15) is 5.75 Å². The second-order valence-corrected chi connectivity index (χ2v) is 5.59. The molecular weight excluding hydrogens is 318 g/mol. The smallest absolute Gasteiger partial charge is 0.298 e. The molecule has 0 amide bonds. The number of hydrogen-bond acceptors (Lipinski definition) is 4. The van der Waals surface area contributed by atoms with E-state index < -0.39 is 28.0 Å². The minimum Gasteiger partial charge on any atom is -0.451 e. The van der Waals surface area contributed by atoms with Crippen molar-refractivity contribution >= 4 is 11.4 Å². The van der Waals surface area contributed by atoms with E-state index in [0.29, 0.717) is 13.1 Å². The van der Waals surface area contributed by atoms with Gasteiger partial charge >= 0.3 is 0 Å². The van der Waals surface area contributed by atoms with Crippen molar-refractivity contribution in [3.8, 4) is 11.5 Å². The Balaban J connectivity index is 2.08. The number of nitro groups is 1. The molecular formula is C17H16F2N2O3. The Bertz CT molecular complexity index is 747. The topological polar surface area (TPSA) is 55.6 Å². The molecule has 0 saturated carbocycles. The van der Waals surface area contributed by atoms with Gasteiger partial charge in [-0.2, -0.15) is 0 Å². The number of nitro benzene ring substituents is 1. The third-order valence-electron chi connectivity index (χ3n) is 3.96. The van der Waals surface area contributed by atoms with Crippen LogP contribution >= 0.6 is 0 Å². The minimum absolute atomic E-state index is 0.202. The van der Waals surface area contributed by atoms with Crippen molar-refractivity contribution < 1.29 is 18.4 Å². The van der Waals surface area contributed by atoms with Crippen LogP contribution in [0, 0.1) is 21.7 Å². The normalized spacial score (nSPS) is 14.5. The molecule has 0 spiro atoms. The average Bonchev–Trinajstić information content (AvgIpc) is 2.59. The van der Waals surface area contributed by atoms with Gasteiger partial charge in [0.25, 0.3) is 5.69 Å². The fourth-order valence-corrected chi connectivity index (χ4v) is 2.84. The van der Waals surface area contributed by atoms with Gasteiger partial charge in [-0.15, -0.1) is 0 Å². The van der Waals surface area contributed by atoms with Crippen LogP contribution in [0.3, 0.4) is 0 Å². The van der Waals surface area contributed by atoms with Gasteiger partial charge in [-0.05, 0) is 31.4 Å². The maximum atomic E-state index is 14.9. The molecule has 0 aliphatic carbocycles. The summed E-state index contributed by atoms with van der Waals surface area (Å²) >= 11 is 0. The van der Waals surface area contributed by atoms with Crippen molar-refractivity contribution in [2.24, 2.45) is 0 Å². The Kier molecular flexibility index (Phi) is 4.59. The summed E-state index contributed by atoms with van der Waals surface area (Å²) < 4.78 is 34.4. The van der Waals surface area contributed by atoms with E-state index in [9.17, 15) is 18.9 Å². The summed E-state index contributed by atoms with van der Waals surface area (Å²) in [6.07, 6.45) is 2.60. The first kappa shape index (κ1) is 16.2. The standard InChI is InChI=1S/C17H16F2N2O3/c18-13-11-14(21(22)23)16(20-9-5-2-6-10-20)15(19)17(13)24-12-7-3-1-4-8-12/h1,3-4,7-8,11H,2,5-6,9-10H2. The molecule has 0 aromatic heterocycles. The molecule has 0 N–H and O–H groups in total. The number of benzene rings is 2. The van der Waals surface area contributed by atoms with Crippen LogP contribution in [-0.2, 0) is 0 Å². The number of piperidine rings is 1. The fraction of sp³-hybridized carbons (Fsp3) is 0.294. The number of ether oxygens (including phenoxy) is 1. The predicted molar refractivity (Wildman–Crippen MR) is 85.6 cm³/mol. The molecule has 0 unspecified atom stereocenters. The predicted octanol–water partition coefficient (Wildman–Crippen LogP) is 4.66. The van der Waals surface area contributed by atoms with Gasteiger partial charge in [0, 0.05) is 13.1 Å². The first-order valence-electron chi connectivity index (χ1n) is 7.72. The zero-order chi connectivity index (χ0) is 17.1. The van der Waals surface area contributed by atoms with Crippen LogP contribution in [0.4, 0.5) is 20.2 Å². The van der Waals surface area contributed by atoms with Crippen LogP contribution < -0.4 is 9.64 Å². The van der Waals surface area contributed by atoms with Gasteiger partial charge < -0.3 is 9.64 Å². The van der Waals surface area contributed by atoms with Crippen LogP contribution in [-0.4, -0.2) is 18.0 Å².